The highest BCUT2D eigenvalue weighted by atomic mass is 79.9. The Morgan fingerprint density at radius 2 is 1.88 bits per heavy atom. The maximum atomic E-state index is 13.0. The topological polar surface area (TPSA) is 128 Å². The fourth-order valence-electron chi connectivity index (χ4n) is 3.59. The summed E-state index contributed by atoms with van der Waals surface area (Å²) in [5.74, 6) is -0.600. The van der Waals surface area contributed by atoms with E-state index in [-0.39, 0.29) is 30.1 Å². The van der Waals surface area contributed by atoms with Gasteiger partial charge in [-0.05, 0) is 62.2 Å². The van der Waals surface area contributed by atoms with Gasteiger partial charge in [0.15, 0.2) is 18.1 Å². The van der Waals surface area contributed by atoms with Crippen LogP contribution in [0.25, 0.3) is 33.4 Å². The van der Waals surface area contributed by atoms with Gasteiger partial charge in [0.05, 0.1) is 27.5 Å². The number of phenols is 1. The molecule has 0 atom stereocenters. The first-order valence-corrected chi connectivity index (χ1v) is 11.7. The third kappa shape index (κ3) is 4.41. The maximum Gasteiger partial charge on any atom is 0.344 e. The lowest BCUT2D eigenvalue weighted by molar-refractivity contribution is -0.0436. The van der Waals surface area contributed by atoms with Gasteiger partial charge in [0.25, 0.3) is 0 Å². The summed E-state index contributed by atoms with van der Waals surface area (Å²) in [6.45, 7) is 0.318. The van der Waals surface area contributed by atoms with Crippen LogP contribution in [0, 0.1) is 5.41 Å². The third-order valence-electron chi connectivity index (χ3n) is 5.19. The zero-order chi connectivity index (χ0) is 24.4. The number of aromatic hydroxyl groups is 1. The number of esters is 1. The number of hydrogen-bond acceptors (Lipinski definition) is 8. The van der Waals surface area contributed by atoms with E-state index in [0.717, 1.165) is 0 Å². The SMILES string of the molecule is COCCOCOC(=O)c1c(O)cccc1-c1c2ccc(=N)c(Br)c-2oc2c(Br)c(N)ccc12. The second kappa shape index (κ2) is 10.1. The summed E-state index contributed by atoms with van der Waals surface area (Å²) in [5, 5.41) is 19.7. The molecule has 10 heteroatoms. The van der Waals surface area contributed by atoms with Crippen molar-refractivity contribution in [1.29, 1.82) is 5.41 Å². The minimum atomic E-state index is -0.752. The molecule has 1 aliphatic carbocycles. The van der Waals surface area contributed by atoms with E-state index in [2.05, 4.69) is 31.9 Å². The monoisotopic (exact) mass is 590 g/mol. The Bertz CT molecular complexity index is 1420. The second-order valence-corrected chi connectivity index (χ2v) is 8.86. The van der Waals surface area contributed by atoms with Crippen LogP contribution in [0.15, 0.2) is 55.8 Å². The van der Waals surface area contributed by atoms with E-state index in [9.17, 15) is 9.90 Å². The normalized spacial score (nSPS) is 11.3. The molecule has 2 aromatic rings. The quantitative estimate of drug-likeness (QED) is 0.0877. The lowest BCUT2D eigenvalue weighted by Gasteiger charge is -2.19. The van der Waals surface area contributed by atoms with Gasteiger partial charge in [-0.2, -0.15) is 0 Å². The lowest BCUT2D eigenvalue weighted by Crippen LogP contribution is -2.13. The zero-order valence-corrected chi connectivity index (χ0v) is 21.2. The molecule has 34 heavy (non-hydrogen) atoms. The minimum Gasteiger partial charge on any atom is -0.507 e. The number of nitrogens with two attached hydrogens (primary N) is 1. The van der Waals surface area contributed by atoms with Crippen LogP contribution in [-0.4, -0.2) is 38.2 Å². The maximum absolute atomic E-state index is 13.0. The Morgan fingerprint density at radius 1 is 1.09 bits per heavy atom. The number of halogens is 2. The van der Waals surface area contributed by atoms with Crippen molar-refractivity contribution in [2.75, 3.05) is 32.9 Å². The number of benzene rings is 3. The summed E-state index contributed by atoms with van der Waals surface area (Å²) in [6, 6.07) is 11.6. The summed E-state index contributed by atoms with van der Waals surface area (Å²) in [5.41, 5.74) is 8.62. The van der Waals surface area contributed by atoms with Crippen LogP contribution in [0.1, 0.15) is 10.4 Å². The summed E-state index contributed by atoms with van der Waals surface area (Å²) in [4.78, 5) is 13.0. The fourth-order valence-corrected chi connectivity index (χ4v) is 4.44. The molecule has 4 rings (SSSR count). The Morgan fingerprint density at radius 3 is 2.65 bits per heavy atom. The van der Waals surface area contributed by atoms with Crippen molar-refractivity contribution in [3.63, 3.8) is 0 Å². The first-order valence-electron chi connectivity index (χ1n) is 10.1. The number of nitrogen functional groups attached to an aromatic ring is 1. The molecule has 1 aliphatic heterocycles. The number of carbonyl (C=O) groups excluding carboxylic acids is 1. The standard InChI is InChI=1S/C24H20Br2N2O6/c1-31-9-10-32-11-33-24(30)19-12(3-2-4-17(19)29)18-13-5-7-15(27)20(25)22(13)34-23-14(18)6-8-16(28)21(23)26/h2-8,27,29H,9-11,28H2,1H3. The molecular formula is C24H20Br2N2O6. The van der Waals surface area contributed by atoms with E-state index >= 15 is 0 Å². The molecule has 1 heterocycles. The van der Waals surface area contributed by atoms with Crippen LogP contribution < -0.4 is 11.1 Å². The van der Waals surface area contributed by atoms with Gasteiger partial charge in [-0.1, -0.05) is 12.1 Å². The molecule has 2 aliphatic rings. The number of ether oxygens (including phenoxy) is 3. The van der Waals surface area contributed by atoms with Crippen molar-refractivity contribution < 1.29 is 28.5 Å². The van der Waals surface area contributed by atoms with Gasteiger partial charge in [-0.25, -0.2) is 4.79 Å². The largest absolute Gasteiger partial charge is 0.507 e. The molecule has 0 spiro atoms. The van der Waals surface area contributed by atoms with E-state index in [1.165, 1.54) is 6.07 Å². The molecule has 0 saturated heterocycles. The summed E-state index contributed by atoms with van der Waals surface area (Å²) >= 11 is 6.92. The smallest absolute Gasteiger partial charge is 0.344 e. The number of phenolic OH excluding ortho intramolecular Hbond substituents is 1. The van der Waals surface area contributed by atoms with Crippen LogP contribution >= 0.6 is 31.9 Å². The average molecular weight is 592 g/mol. The van der Waals surface area contributed by atoms with Crippen LogP contribution in [0.4, 0.5) is 5.69 Å². The number of rotatable bonds is 7. The van der Waals surface area contributed by atoms with E-state index in [0.29, 0.717) is 54.7 Å². The number of anilines is 1. The molecule has 0 fully saturated rings. The number of hydrogen-bond donors (Lipinski definition) is 3. The Hall–Kier alpha value is -2.92. The molecule has 8 nitrogen and oxygen atoms in total. The minimum absolute atomic E-state index is 0.0225. The lowest BCUT2D eigenvalue weighted by atomic mass is 9.90. The van der Waals surface area contributed by atoms with Crippen LogP contribution in [0.2, 0.25) is 0 Å². The van der Waals surface area contributed by atoms with Gasteiger partial charge >= 0.3 is 5.97 Å². The highest BCUT2D eigenvalue weighted by Crippen LogP contribution is 2.46. The van der Waals surface area contributed by atoms with Crippen LogP contribution in [-0.2, 0) is 14.2 Å². The van der Waals surface area contributed by atoms with Crippen molar-refractivity contribution in [2.24, 2.45) is 0 Å². The summed E-state index contributed by atoms with van der Waals surface area (Å²) < 4.78 is 22.5. The van der Waals surface area contributed by atoms with E-state index < -0.39 is 5.97 Å². The third-order valence-corrected chi connectivity index (χ3v) is 6.79. The van der Waals surface area contributed by atoms with Crippen molar-refractivity contribution in [3.8, 4) is 28.2 Å². The average Bonchev–Trinajstić information content (AvgIpc) is 2.82. The Kier molecular flexibility index (Phi) is 7.22. The molecule has 2 aromatic carbocycles. The zero-order valence-electron chi connectivity index (χ0n) is 18.0. The molecule has 0 radical (unpaired) electrons. The molecule has 176 valence electrons. The highest BCUT2D eigenvalue weighted by Gasteiger charge is 2.27. The molecule has 0 saturated carbocycles. The van der Waals surface area contributed by atoms with E-state index in [1.54, 1.807) is 43.5 Å². The molecule has 0 amide bonds. The number of nitrogens with one attached hydrogen (secondary N) is 1. The van der Waals surface area contributed by atoms with Gasteiger partial charge in [0, 0.05) is 34.9 Å². The predicted octanol–water partition coefficient (Wildman–Crippen LogP) is 5.27. The van der Waals surface area contributed by atoms with Crippen LogP contribution in [0.3, 0.4) is 0 Å². The second-order valence-electron chi connectivity index (χ2n) is 7.28. The van der Waals surface area contributed by atoms with Crippen molar-refractivity contribution in [1.82, 2.24) is 0 Å². The first-order chi connectivity index (χ1) is 16.3. The van der Waals surface area contributed by atoms with Gasteiger partial charge in [-0.3, -0.25) is 5.41 Å². The number of fused-ring (bicyclic) bond motifs is 2. The number of methoxy groups -OCH3 is 1. The Labute approximate surface area is 211 Å². The Balaban J connectivity index is 1.96. The first kappa shape index (κ1) is 24.2. The van der Waals surface area contributed by atoms with Crippen molar-refractivity contribution >= 4 is 54.5 Å². The van der Waals surface area contributed by atoms with Crippen molar-refractivity contribution in [3.05, 3.63) is 62.3 Å². The molecule has 4 N–H and O–H groups in total. The highest BCUT2D eigenvalue weighted by molar-refractivity contribution is 9.11. The van der Waals surface area contributed by atoms with Gasteiger partial charge in [0.1, 0.15) is 11.3 Å². The van der Waals surface area contributed by atoms with Gasteiger partial charge < -0.3 is 29.5 Å². The molecule has 0 aromatic heterocycles. The van der Waals surface area contributed by atoms with E-state index in [4.69, 9.17) is 29.8 Å². The van der Waals surface area contributed by atoms with Gasteiger partial charge in [0.2, 0.25) is 0 Å². The van der Waals surface area contributed by atoms with Gasteiger partial charge in [-0.15, -0.1) is 0 Å². The predicted molar refractivity (Wildman–Crippen MR) is 134 cm³/mol. The van der Waals surface area contributed by atoms with E-state index in [1.807, 2.05) is 0 Å². The molecule has 0 unspecified atom stereocenters. The molecular weight excluding hydrogens is 572 g/mol. The summed E-state index contributed by atoms with van der Waals surface area (Å²) in [6.07, 6.45) is 0. The number of carbonyl (C=O) groups is 1. The summed E-state index contributed by atoms with van der Waals surface area (Å²) in [7, 11) is 1.54. The molecule has 0 bridgehead atoms. The fraction of sp³-hybridized carbons (Fsp3) is 0.167. The van der Waals surface area contributed by atoms with Crippen molar-refractivity contribution in [2.45, 2.75) is 0 Å². The van der Waals surface area contributed by atoms with Crippen LogP contribution in [0.5, 0.6) is 5.75 Å².